The summed E-state index contributed by atoms with van der Waals surface area (Å²) in [5.41, 5.74) is 1.34. The monoisotopic (exact) mass is 179 g/mol. The molecule has 0 aliphatic carbocycles. The summed E-state index contributed by atoms with van der Waals surface area (Å²) in [7, 11) is 1.96. The van der Waals surface area contributed by atoms with Crippen molar-refractivity contribution in [3.05, 3.63) is 29.8 Å². The third-order valence-corrected chi connectivity index (χ3v) is 2.26. The molecule has 0 aliphatic heterocycles. The number of hydrogen-bond acceptors (Lipinski definition) is 2. The largest absolute Gasteiger partial charge is 0.508 e. The molecule has 1 aromatic rings. The zero-order valence-corrected chi connectivity index (χ0v) is 8.46. The van der Waals surface area contributed by atoms with Gasteiger partial charge in [0.25, 0.3) is 0 Å². The molecule has 0 unspecified atom stereocenters. The fraction of sp³-hybridized carbons (Fsp3) is 0.455. The Balaban J connectivity index is 2.69. The van der Waals surface area contributed by atoms with Gasteiger partial charge in [-0.25, -0.2) is 0 Å². The van der Waals surface area contributed by atoms with Gasteiger partial charge in [0, 0.05) is 5.54 Å². The molecule has 0 atom stereocenters. The van der Waals surface area contributed by atoms with E-state index in [1.165, 1.54) is 5.56 Å². The van der Waals surface area contributed by atoms with E-state index >= 15 is 0 Å². The maximum atomic E-state index is 9.10. The van der Waals surface area contributed by atoms with Gasteiger partial charge in [-0.15, -0.1) is 0 Å². The third kappa shape index (κ3) is 3.07. The van der Waals surface area contributed by atoms with E-state index in [0.717, 1.165) is 6.42 Å². The topological polar surface area (TPSA) is 32.3 Å². The number of nitrogens with one attached hydrogen (secondary N) is 1. The van der Waals surface area contributed by atoms with E-state index in [-0.39, 0.29) is 5.54 Å². The summed E-state index contributed by atoms with van der Waals surface area (Å²) in [6, 6.07) is 7.35. The van der Waals surface area contributed by atoms with Crippen LogP contribution in [0.25, 0.3) is 0 Å². The number of aromatic hydroxyl groups is 1. The molecule has 0 aliphatic rings. The van der Waals surface area contributed by atoms with E-state index in [2.05, 4.69) is 19.2 Å². The molecule has 13 heavy (non-hydrogen) atoms. The van der Waals surface area contributed by atoms with Crippen LogP contribution in [-0.2, 0) is 6.42 Å². The molecule has 0 bridgehead atoms. The first-order valence-corrected chi connectivity index (χ1v) is 4.50. The van der Waals surface area contributed by atoms with E-state index in [4.69, 9.17) is 5.11 Å². The number of hydrogen-bond donors (Lipinski definition) is 2. The molecule has 0 amide bonds. The van der Waals surface area contributed by atoms with Crippen LogP contribution in [0.5, 0.6) is 5.75 Å². The Bertz CT molecular complexity index is 264. The lowest BCUT2D eigenvalue weighted by Gasteiger charge is -2.23. The molecule has 2 heteroatoms. The SMILES string of the molecule is CNC(C)(C)Cc1ccc(O)cc1. The van der Waals surface area contributed by atoms with Gasteiger partial charge < -0.3 is 10.4 Å². The Labute approximate surface area is 79.6 Å². The second-order valence-corrected chi connectivity index (χ2v) is 3.98. The number of phenols is 1. The van der Waals surface area contributed by atoms with Crippen molar-refractivity contribution in [3.8, 4) is 5.75 Å². The summed E-state index contributed by atoms with van der Waals surface area (Å²) in [6.07, 6.45) is 0.962. The second-order valence-electron chi connectivity index (χ2n) is 3.98. The van der Waals surface area contributed by atoms with Crippen LogP contribution in [-0.4, -0.2) is 17.7 Å². The molecule has 0 saturated carbocycles. The first kappa shape index (κ1) is 10.1. The lowest BCUT2D eigenvalue weighted by Crippen LogP contribution is -2.38. The van der Waals surface area contributed by atoms with Gasteiger partial charge in [0.2, 0.25) is 0 Å². The molecular weight excluding hydrogens is 162 g/mol. The minimum atomic E-state index is 0.108. The van der Waals surface area contributed by atoms with Gasteiger partial charge in [0.15, 0.2) is 0 Å². The molecule has 0 aromatic heterocycles. The Morgan fingerprint density at radius 3 is 2.23 bits per heavy atom. The molecule has 1 aromatic carbocycles. The van der Waals surface area contributed by atoms with Gasteiger partial charge in [-0.2, -0.15) is 0 Å². The Morgan fingerprint density at radius 2 is 1.77 bits per heavy atom. The average molecular weight is 179 g/mol. The first-order valence-electron chi connectivity index (χ1n) is 4.50. The minimum absolute atomic E-state index is 0.108. The summed E-state index contributed by atoms with van der Waals surface area (Å²) in [5, 5.41) is 12.3. The van der Waals surface area contributed by atoms with Crippen molar-refractivity contribution in [1.29, 1.82) is 0 Å². The molecule has 0 radical (unpaired) electrons. The normalized spacial score (nSPS) is 11.6. The zero-order chi connectivity index (χ0) is 9.90. The van der Waals surface area contributed by atoms with E-state index in [1.807, 2.05) is 19.2 Å². The standard InChI is InChI=1S/C11H17NO/c1-11(2,12-3)8-9-4-6-10(13)7-5-9/h4-7,12-13H,8H2,1-3H3. The van der Waals surface area contributed by atoms with Crippen LogP contribution in [0, 0.1) is 0 Å². The van der Waals surface area contributed by atoms with Gasteiger partial charge in [-0.3, -0.25) is 0 Å². The van der Waals surface area contributed by atoms with Crippen molar-refractivity contribution in [3.63, 3.8) is 0 Å². The van der Waals surface area contributed by atoms with Crippen LogP contribution in [0.4, 0.5) is 0 Å². The maximum Gasteiger partial charge on any atom is 0.115 e. The van der Waals surface area contributed by atoms with Gasteiger partial charge in [0.1, 0.15) is 5.75 Å². The lowest BCUT2D eigenvalue weighted by molar-refractivity contribution is 0.421. The summed E-state index contributed by atoms with van der Waals surface area (Å²) in [5.74, 6) is 0.325. The summed E-state index contributed by atoms with van der Waals surface area (Å²) < 4.78 is 0. The molecule has 1 rings (SSSR count). The summed E-state index contributed by atoms with van der Waals surface area (Å²) in [6.45, 7) is 4.31. The number of phenolic OH excluding ortho intramolecular Hbond substituents is 1. The van der Waals surface area contributed by atoms with Crippen molar-refractivity contribution < 1.29 is 5.11 Å². The fourth-order valence-corrected chi connectivity index (χ4v) is 1.21. The quantitative estimate of drug-likeness (QED) is 0.743. The molecular formula is C11H17NO. The van der Waals surface area contributed by atoms with Gasteiger partial charge >= 0.3 is 0 Å². The summed E-state index contributed by atoms with van der Waals surface area (Å²) in [4.78, 5) is 0. The van der Waals surface area contributed by atoms with Crippen molar-refractivity contribution in [2.24, 2.45) is 0 Å². The molecule has 72 valence electrons. The minimum Gasteiger partial charge on any atom is -0.508 e. The second kappa shape index (κ2) is 3.79. The number of benzene rings is 1. The van der Waals surface area contributed by atoms with Crippen LogP contribution in [0.15, 0.2) is 24.3 Å². The van der Waals surface area contributed by atoms with Crippen LogP contribution in [0.2, 0.25) is 0 Å². The predicted octanol–water partition coefficient (Wildman–Crippen LogP) is 1.93. The number of likely N-dealkylation sites (N-methyl/N-ethyl adjacent to an activating group) is 1. The first-order chi connectivity index (χ1) is 6.03. The lowest BCUT2D eigenvalue weighted by atomic mass is 9.95. The predicted molar refractivity (Wildman–Crippen MR) is 54.9 cm³/mol. The van der Waals surface area contributed by atoms with Crippen LogP contribution in [0.3, 0.4) is 0 Å². The van der Waals surface area contributed by atoms with E-state index in [0.29, 0.717) is 5.75 Å². The molecule has 2 nitrogen and oxygen atoms in total. The van der Waals surface area contributed by atoms with E-state index in [9.17, 15) is 0 Å². The molecule has 0 fully saturated rings. The van der Waals surface area contributed by atoms with Crippen molar-refractivity contribution in [1.82, 2.24) is 5.32 Å². The number of rotatable bonds is 3. The van der Waals surface area contributed by atoms with Crippen molar-refractivity contribution in [2.45, 2.75) is 25.8 Å². The van der Waals surface area contributed by atoms with Crippen LogP contribution >= 0.6 is 0 Å². The fourth-order valence-electron chi connectivity index (χ4n) is 1.21. The average Bonchev–Trinajstić information content (AvgIpc) is 2.09. The van der Waals surface area contributed by atoms with Crippen LogP contribution < -0.4 is 5.32 Å². The molecule has 2 N–H and O–H groups in total. The zero-order valence-electron chi connectivity index (χ0n) is 8.46. The van der Waals surface area contributed by atoms with Gasteiger partial charge in [-0.1, -0.05) is 12.1 Å². The van der Waals surface area contributed by atoms with Crippen molar-refractivity contribution >= 4 is 0 Å². The summed E-state index contributed by atoms with van der Waals surface area (Å²) >= 11 is 0. The highest BCUT2D eigenvalue weighted by atomic mass is 16.3. The van der Waals surface area contributed by atoms with Gasteiger partial charge in [0.05, 0.1) is 0 Å². The molecule has 0 spiro atoms. The Morgan fingerprint density at radius 1 is 1.23 bits per heavy atom. The van der Waals surface area contributed by atoms with Crippen LogP contribution in [0.1, 0.15) is 19.4 Å². The third-order valence-electron chi connectivity index (χ3n) is 2.26. The highest BCUT2D eigenvalue weighted by Gasteiger charge is 2.14. The highest BCUT2D eigenvalue weighted by molar-refractivity contribution is 5.26. The van der Waals surface area contributed by atoms with Crippen molar-refractivity contribution in [2.75, 3.05) is 7.05 Å². The van der Waals surface area contributed by atoms with E-state index in [1.54, 1.807) is 12.1 Å². The maximum absolute atomic E-state index is 9.10. The Hall–Kier alpha value is -1.02. The Kier molecular flexibility index (Phi) is 2.94. The molecule has 0 heterocycles. The van der Waals surface area contributed by atoms with E-state index < -0.39 is 0 Å². The smallest absolute Gasteiger partial charge is 0.115 e. The molecule has 0 saturated heterocycles. The highest BCUT2D eigenvalue weighted by Crippen LogP contribution is 2.15. The van der Waals surface area contributed by atoms with Gasteiger partial charge in [-0.05, 0) is 45.0 Å².